The summed E-state index contributed by atoms with van der Waals surface area (Å²) in [7, 11) is -3.30. The summed E-state index contributed by atoms with van der Waals surface area (Å²) >= 11 is 0. The van der Waals surface area contributed by atoms with Gasteiger partial charge in [-0.25, -0.2) is 13.4 Å². The van der Waals surface area contributed by atoms with Gasteiger partial charge in [0.15, 0.2) is 9.84 Å². The first-order valence-corrected chi connectivity index (χ1v) is 10.3. The summed E-state index contributed by atoms with van der Waals surface area (Å²) < 4.78 is 23.9. The summed E-state index contributed by atoms with van der Waals surface area (Å²) in [5, 5.41) is 3.33. The second-order valence-corrected chi connectivity index (χ2v) is 8.82. The van der Waals surface area contributed by atoms with E-state index in [1.807, 2.05) is 0 Å². The minimum atomic E-state index is -3.30. The van der Waals surface area contributed by atoms with E-state index in [2.05, 4.69) is 41.5 Å². The van der Waals surface area contributed by atoms with E-state index in [0.29, 0.717) is 12.4 Å². The number of aromatic nitrogens is 1. The van der Waals surface area contributed by atoms with Crippen molar-refractivity contribution in [1.82, 2.24) is 4.98 Å². The smallest absolute Gasteiger partial charge is 0.179 e. The summed E-state index contributed by atoms with van der Waals surface area (Å²) in [6.45, 7) is 2.82. The van der Waals surface area contributed by atoms with E-state index in [1.165, 1.54) is 30.2 Å². The van der Waals surface area contributed by atoms with Gasteiger partial charge in [-0.2, -0.15) is 0 Å². The Balaban J connectivity index is 1.89. The third kappa shape index (κ3) is 3.46. The molecule has 0 radical (unpaired) electrons. The van der Waals surface area contributed by atoms with Gasteiger partial charge >= 0.3 is 0 Å². The van der Waals surface area contributed by atoms with Crippen molar-refractivity contribution in [1.29, 1.82) is 0 Å². The molecule has 0 atom stereocenters. The Kier molecular flexibility index (Phi) is 4.63. The lowest BCUT2D eigenvalue weighted by Crippen LogP contribution is -2.32. The molecule has 4 nitrogen and oxygen atoms in total. The first-order valence-electron chi connectivity index (χ1n) is 8.37. The predicted octanol–water partition coefficient (Wildman–Crippen LogP) is 3.72. The molecule has 1 N–H and O–H groups in total. The monoisotopic (exact) mass is 344 g/mol. The summed E-state index contributed by atoms with van der Waals surface area (Å²) in [5.41, 5.74) is 2.65. The maximum absolute atomic E-state index is 12.0. The van der Waals surface area contributed by atoms with Gasteiger partial charge in [0.25, 0.3) is 0 Å². The van der Waals surface area contributed by atoms with Crippen LogP contribution in [0, 0.1) is 6.92 Å². The molecule has 1 aliphatic rings. The largest absolute Gasteiger partial charge is 0.368 e. The zero-order chi connectivity index (χ0) is 17.2. The van der Waals surface area contributed by atoms with Gasteiger partial charge in [0.1, 0.15) is 10.7 Å². The van der Waals surface area contributed by atoms with Crippen molar-refractivity contribution in [3.63, 3.8) is 0 Å². The first kappa shape index (κ1) is 17.0. The highest BCUT2D eigenvalue weighted by Gasteiger charge is 2.35. The number of anilines is 1. The number of sulfone groups is 1. The van der Waals surface area contributed by atoms with Gasteiger partial charge in [-0.1, -0.05) is 42.7 Å². The van der Waals surface area contributed by atoms with Crippen molar-refractivity contribution >= 4 is 15.7 Å². The van der Waals surface area contributed by atoms with Crippen molar-refractivity contribution in [3.05, 3.63) is 53.7 Å². The van der Waals surface area contributed by atoms with Gasteiger partial charge in [0.05, 0.1) is 0 Å². The molecule has 1 heterocycles. The lowest BCUT2D eigenvalue weighted by atomic mass is 9.78. The van der Waals surface area contributed by atoms with Crippen LogP contribution in [0.1, 0.15) is 36.8 Å². The van der Waals surface area contributed by atoms with Crippen molar-refractivity contribution in [2.45, 2.75) is 42.9 Å². The van der Waals surface area contributed by atoms with Crippen molar-refractivity contribution in [3.8, 4) is 0 Å². The Labute approximate surface area is 144 Å². The van der Waals surface area contributed by atoms with E-state index < -0.39 is 9.84 Å². The molecule has 0 amide bonds. The van der Waals surface area contributed by atoms with Gasteiger partial charge in [-0.15, -0.1) is 0 Å². The third-order valence-corrected chi connectivity index (χ3v) is 6.08. The Morgan fingerprint density at radius 1 is 1.17 bits per heavy atom. The molecule has 1 fully saturated rings. The van der Waals surface area contributed by atoms with Crippen LogP contribution in [0.3, 0.4) is 0 Å². The molecule has 5 heteroatoms. The number of pyridine rings is 1. The predicted molar refractivity (Wildman–Crippen MR) is 97.2 cm³/mol. The Hall–Kier alpha value is -1.88. The number of nitrogens with one attached hydrogen (secondary N) is 1. The maximum atomic E-state index is 12.0. The molecule has 0 spiro atoms. The van der Waals surface area contributed by atoms with Crippen molar-refractivity contribution in [2.75, 3.05) is 18.1 Å². The minimum Gasteiger partial charge on any atom is -0.368 e. The average molecular weight is 344 g/mol. The van der Waals surface area contributed by atoms with Crippen LogP contribution in [0.4, 0.5) is 5.82 Å². The van der Waals surface area contributed by atoms with E-state index in [-0.39, 0.29) is 10.3 Å². The average Bonchev–Trinajstić information content (AvgIpc) is 3.02. The lowest BCUT2D eigenvalue weighted by molar-refractivity contribution is 0.465. The van der Waals surface area contributed by atoms with Crippen LogP contribution >= 0.6 is 0 Å². The molecule has 1 aromatic heterocycles. The molecule has 1 aliphatic carbocycles. The normalized spacial score (nSPS) is 16.9. The number of nitrogens with zero attached hydrogens (tertiary/aromatic N) is 1. The molecule has 24 heavy (non-hydrogen) atoms. The van der Waals surface area contributed by atoms with E-state index in [4.69, 9.17) is 0 Å². The molecule has 0 bridgehead atoms. The zero-order valence-corrected chi connectivity index (χ0v) is 15.1. The van der Waals surface area contributed by atoms with Crippen LogP contribution in [0.5, 0.6) is 0 Å². The second kappa shape index (κ2) is 6.55. The molecule has 3 rings (SSSR count). The number of aryl methyl sites for hydroxylation is 1. The lowest BCUT2D eigenvalue weighted by Gasteiger charge is -2.31. The topological polar surface area (TPSA) is 59.1 Å². The number of benzene rings is 1. The third-order valence-electron chi connectivity index (χ3n) is 4.96. The zero-order valence-electron chi connectivity index (χ0n) is 14.2. The van der Waals surface area contributed by atoms with Crippen LogP contribution in [0.25, 0.3) is 0 Å². The van der Waals surface area contributed by atoms with Gasteiger partial charge in [0.2, 0.25) is 0 Å². The van der Waals surface area contributed by atoms with Crippen LogP contribution in [0.2, 0.25) is 0 Å². The molecule has 0 saturated heterocycles. The SMILES string of the molecule is Cc1cccc(C2(CNc3ncccc3S(C)(=O)=O)CCCC2)c1. The van der Waals surface area contributed by atoms with Gasteiger partial charge in [0, 0.05) is 24.4 Å². The van der Waals surface area contributed by atoms with Crippen molar-refractivity contribution < 1.29 is 8.42 Å². The minimum absolute atomic E-state index is 0.0539. The summed E-state index contributed by atoms with van der Waals surface area (Å²) in [6.07, 6.45) is 7.49. The Morgan fingerprint density at radius 3 is 2.58 bits per heavy atom. The number of hydrogen-bond donors (Lipinski definition) is 1. The molecular weight excluding hydrogens is 320 g/mol. The van der Waals surface area contributed by atoms with E-state index >= 15 is 0 Å². The number of rotatable bonds is 5. The molecule has 1 saturated carbocycles. The molecular formula is C19H24N2O2S. The Bertz CT molecular complexity index is 825. The van der Waals surface area contributed by atoms with E-state index in [0.717, 1.165) is 12.8 Å². The maximum Gasteiger partial charge on any atom is 0.179 e. The summed E-state index contributed by atoms with van der Waals surface area (Å²) in [6, 6.07) is 11.9. The summed E-state index contributed by atoms with van der Waals surface area (Å²) in [4.78, 5) is 4.52. The fourth-order valence-corrected chi connectivity index (χ4v) is 4.47. The van der Waals surface area contributed by atoms with Crippen LogP contribution in [-0.4, -0.2) is 26.2 Å². The van der Waals surface area contributed by atoms with Gasteiger partial charge < -0.3 is 5.32 Å². The van der Waals surface area contributed by atoms with Crippen LogP contribution in [-0.2, 0) is 15.3 Å². The highest BCUT2D eigenvalue weighted by molar-refractivity contribution is 7.90. The standard InChI is InChI=1S/C19H24N2O2S/c1-15-7-5-8-16(13-15)19(10-3-4-11-19)14-21-18-17(24(2,22)23)9-6-12-20-18/h5-9,12-13H,3-4,10-11,14H2,1-2H3,(H,20,21). The Morgan fingerprint density at radius 2 is 1.92 bits per heavy atom. The summed E-state index contributed by atoms with van der Waals surface area (Å²) in [5.74, 6) is 0.457. The van der Waals surface area contributed by atoms with Gasteiger partial charge in [-0.3, -0.25) is 0 Å². The highest BCUT2D eigenvalue weighted by Crippen LogP contribution is 2.41. The van der Waals surface area contributed by atoms with Gasteiger partial charge in [-0.05, 0) is 37.5 Å². The van der Waals surface area contributed by atoms with E-state index in [1.54, 1.807) is 18.3 Å². The first-order chi connectivity index (χ1) is 11.4. The molecule has 1 aromatic carbocycles. The molecule has 0 aliphatic heterocycles. The van der Waals surface area contributed by atoms with Crippen molar-refractivity contribution in [2.24, 2.45) is 0 Å². The molecule has 2 aromatic rings. The molecule has 128 valence electrons. The second-order valence-electron chi connectivity index (χ2n) is 6.83. The van der Waals surface area contributed by atoms with E-state index in [9.17, 15) is 8.42 Å². The quantitative estimate of drug-likeness (QED) is 0.898. The highest BCUT2D eigenvalue weighted by atomic mass is 32.2. The number of hydrogen-bond acceptors (Lipinski definition) is 4. The molecule has 0 unspecified atom stereocenters. The van der Waals surface area contributed by atoms with Crippen LogP contribution < -0.4 is 5.32 Å². The fourth-order valence-electron chi connectivity index (χ4n) is 3.67. The fraction of sp³-hybridized carbons (Fsp3) is 0.421. The van der Waals surface area contributed by atoms with Crippen LogP contribution in [0.15, 0.2) is 47.5 Å².